The molecule has 3 rings (SSSR count). The van der Waals surface area contributed by atoms with Gasteiger partial charge in [-0.1, -0.05) is 42.5 Å². The van der Waals surface area contributed by atoms with Gasteiger partial charge in [0.15, 0.2) is 12.0 Å². The van der Waals surface area contributed by atoms with Crippen LogP contribution in [0.15, 0.2) is 36.4 Å². The normalized spacial score (nSPS) is 18.2. The van der Waals surface area contributed by atoms with Crippen molar-refractivity contribution >= 4 is 11.9 Å². The molecular formula is C21H17F5O. The fraction of sp³-hybridized carbons (Fsp3) is 0.286. The van der Waals surface area contributed by atoms with Gasteiger partial charge in [0.25, 0.3) is 0 Å². The molecule has 0 saturated carbocycles. The Morgan fingerprint density at radius 1 is 1.11 bits per heavy atom. The highest BCUT2D eigenvalue weighted by Gasteiger charge is 2.39. The number of aryl methyl sites for hydroxylation is 2. The van der Waals surface area contributed by atoms with Gasteiger partial charge in [-0.05, 0) is 41.7 Å². The van der Waals surface area contributed by atoms with Crippen LogP contribution in [0.25, 0.3) is 6.08 Å². The number of benzene rings is 2. The van der Waals surface area contributed by atoms with E-state index in [2.05, 4.69) is 0 Å². The van der Waals surface area contributed by atoms with Crippen LogP contribution < -0.4 is 0 Å². The van der Waals surface area contributed by atoms with Crippen molar-refractivity contribution in [2.45, 2.75) is 38.5 Å². The first-order valence-electron chi connectivity index (χ1n) is 8.40. The molecule has 0 aromatic heterocycles. The summed E-state index contributed by atoms with van der Waals surface area (Å²) in [7, 11) is 0. The van der Waals surface area contributed by atoms with E-state index in [1.54, 1.807) is 0 Å². The monoisotopic (exact) mass is 380 g/mol. The van der Waals surface area contributed by atoms with Gasteiger partial charge in [0.05, 0.1) is 5.92 Å². The molecule has 0 N–H and O–H groups in total. The van der Waals surface area contributed by atoms with E-state index in [1.165, 1.54) is 50.3 Å². The Labute approximate surface area is 153 Å². The van der Waals surface area contributed by atoms with E-state index in [0.717, 1.165) is 6.08 Å². The summed E-state index contributed by atoms with van der Waals surface area (Å²) < 4.78 is 67.9. The summed E-state index contributed by atoms with van der Waals surface area (Å²) in [6.45, 7) is 2.85. The lowest BCUT2D eigenvalue weighted by Gasteiger charge is -2.19. The lowest BCUT2D eigenvalue weighted by molar-refractivity contribution is -0.139. The Morgan fingerprint density at radius 2 is 1.74 bits per heavy atom. The van der Waals surface area contributed by atoms with Gasteiger partial charge < -0.3 is 0 Å². The summed E-state index contributed by atoms with van der Waals surface area (Å²) in [4.78, 5) is 11.6. The van der Waals surface area contributed by atoms with Gasteiger partial charge in [-0.2, -0.15) is 13.2 Å². The number of rotatable bonds is 3. The topological polar surface area (TPSA) is 17.1 Å². The van der Waals surface area contributed by atoms with Crippen molar-refractivity contribution in [1.82, 2.24) is 0 Å². The van der Waals surface area contributed by atoms with Gasteiger partial charge in [-0.3, -0.25) is 4.79 Å². The van der Waals surface area contributed by atoms with Crippen LogP contribution in [0.5, 0.6) is 0 Å². The van der Waals surface area contributed by atoms with Gasteiger partial charge in [0, 0.05) is 12.0 Å². The van der Waals surface area contributed by atoms with E-state index in [9.17, 15) is 26.7 Å². The van der Waals surface area contributed by atoms with Crippen LogP contribution in [0.1, 0.15) is 44.1 Å². The maximum Gasteiger partial charge on any atom is 0.399 e. The van der Waals surface area contributed by atoms with Gasteiger partial charge >= 0.3 is 6.18 Å². The SMILES string of the molecule is Cc1cc(C(/C=C/c2ccc3c(c2)CC(F)C3=O)C(F)(F)F)cc(C)c1F. The largest absolute Gasteiger partial charge is 0.399 e. The molecule has 0 amide bonds. The number of fused-ring (bicyclic) bond motifs is 1. The zero-order chi connectivity index (χ0) is 19.9. The van der Waals surface area contributed by atoms with E-state index in [4.69, 9.17) is 0 Å². The van der Waals surface area contributed by atoms with E-state index in [-0.39, 0.29) is 28.7 Å². The summed E-state index contributed by atoms with van der Waals surface area (Å²) in [5.41, 5.74) is 1.47. The van der Waals surface area contributed by atoms with E-state index >= 15 is 0 Å². The standard InChI is InChI=1S/C21H17F5O/c1-11-7-15(8-12(2)19(11)23)17(21(24,25)26)6-4-13-3-5-16-14(9-13)10-18(22)20(16)27/h3-9,17-18H,10H2,1-2H3/b6-4+. The average molecular weight is 380 g/mol. The Morgan fingerprint density at radius 3 is 2.33 bits per heavy atom. The van der Waals surface area contributed by atoms with Crippen LogP contribution in [0.4, 0.5) is 22.0 Å². The summed E-state index contributed by atoms with van der Waals surface area (Å²) in [5.74, 6) is -3.02. The quantitative estimate of drug-likeness (QED) is 0.608. The van der Waals surface area contributed by atoms with E-state index in [0.29, 0.717) is 11.1 Å². The predicted molar refractivity (Wildman–Crippen MR) is 93.1 cm³/mol. The van der Waals surface area contributed by atoms with Crippen molar-refractivity contribution in [2.24, 2.45) is 0 Å². The maximum absolute atomic E-state index is 13.8. The maximum atomic E-state index is 13.8. The van der Waals surface area contributed by atoms with Crippen LogP contribution in [-0.2, 0) is 6.42 Å². The minimum Gasteiger partial charge on any atom is -0.291 e. The third kappa shape index (κ3) is 3.80. The smallest absolute Gasteiger partial charge is 0.291 e. The molecule has 0 aliphatic heterocycles. The first-order chi connectivity index (χ1) is 12.6. The number of halogens is 5. The van der Waals surface area contributed by atoms with Crippen molar-refractivity contribution in [3.63, 3.8) is 0 Å². The van der Waals surface area contributed by atoms with Crippen LogP contribution in [-0.4, -0.2) is 18.1 Å². The number of hydrogen-bond donors (Lipinski definition) is 0. The number of carbonyl (C=O) groups is 1. The molecule has 2 unspecified atom stereocenters. The van der Waals surface area contributed by atoms with Crippen molar-refractivity contribution in [1.29, 1.82) is 0 Å². The molecular weight excluding hydrogens is 363 g/mol. The molecule has 2 aromatic rings. The van der Waals surface area contributed by atoms with Crippen molar-refractivity contribution in [2.75, 3.05) is 0 Å². The van der Waals surface area contributed by atoms with Crippen LogP contribution in [0, 0.1) is 19.7 Å². The molecule has 6 heteroatoms. The van der Waals surface area contributed by atoms with Gasteiger partial charge in [-0.25, -0.2) is 8.78 Å². The van der Waals surface area contributed by atoms with Crippen molar-refractivity contribution in [3.05, 3.63) is 75.6 Å². The lowest BCUT2D eigenvalue weighted by atomic mass is 9.93. The Kier molecular flexibility index (Phi) is 4.93. The first kappa shape index (κ1) is 19.3. The third-order valence-corrected chi connectivity index (χ3v) is 4.73. The fourth-order valence-electron chi connectivity index (χ4n) is 3.36. The molecule has 0 fully saturated rings. The van der Waals surface area contributed by atoms with Crippen LogP contribution in [0.2, 0.25) is 0 Å². The summed E-state index contributed by atoms with van der Waals surface area (Å²) in [6.07, 6.45) is -3.91. The summed E-state index contributed by atoms with van der Waals surface area (Å²) in [5, 5.41) is 0. The number of carbonyl (C=O) groups excluding carboxylic acids is 1. The van der Waals surface area contributed by atoms with Crippen LogP contribution in [0.3, 0.4) is 0 Å². The Hall–Kier alpha value is -2.50. The molecule has 0 heterocycles. The van der Waals surface area contributed by atoms with Crippen molar-refractivity contribution < 1.29 is 26.7 Å². The average Bonchev–Trinajstić information content (AvgIpc) is 2.85. The molecule has 1 aliphatic carbocycles. The molecule has 2 atom stereocenters. The molecule has 2 aromatic carbocycles. The van der Waals surface area contributed by atoms with Crippen LogP contribution >= 0.6 is 0 Å². The molecule has 27 heavy (non-hydrogen) atoms. The lowest BCUT2D eigenvalue weighted by Crippen LogP contribution is -2.19. The highest BCUT2D eigenvalue weighted by atomic mass is 19.4. The minimum atomic E-state index is -4.55. The Balaban J connectivity index is 1.95. The molecule has 0 radical (unpaired) electrons. The van der Waals surface area contributed by atoms with Gasteiger partial charge in [-0.15, -0.1) is 0 Å². The second kappa shape index (κ2) is 6.91. The van der Waals surface area contributed by atoms with Crippen molar-refractivity contribution in [3.8, 4) is 0 Å². The number of hydrogen-bond acceptors (Lipinski definition) is 1. The Bertz CT molecular complexity index is 904. The van der Waals surface area contributed by atoms with Gasteiger partial charge in [0.1, 0.15) is 5.82 Å². The summed E-state index contributed by atoms with van der Waals surface area (Å²) >= 11 is 0. The second-order valence-electron chi connectivity index (χ2n) is 6.80. The molecule has 142 valence electrons. The highest BCUT2D eigenvalue weighted by Crippen LogP contribution is 2.38. The number of alkyl halides is 4. The fourth-order valence-corrected chi connectivity index (χ4v) is 3.36. The third-order valence-electron chi connectivity index (χ3n) is 4.73. The zero-order valence-corrected chi connectivity index (χ0v) is 14.7. The number of allylic oxidation sites excluding steroid dienone is 1. The van der Waals surface area contributed by atoms with E-state index < -0.39 is 29.9 Å². The molecule has 1 aliphatic rings. The number of Topliss-reactive ketones (excluding diaryl/α,β-unsaturated/α-hetero) is 1. The first-order valence-corrected chi connectivity index (χ1v) is 8.40. The molecule has 0 saturated heterocycles. The van der Waals surface area contributed by atoms with Gasteiger partial charge in [0.2, 0.25) is 0 Å². The zero-order valence-electron chi connectivity index (χ0n) is 14.7. The molecule has 0 bridgehead atoms. The van der Waals surface area contributed by atoms with E-state index in [1.807, 2.05) is 0 Å². The summed E-state index contributed by atoms with van der Waals surface area (Å²) in [6, 6.07) is 6.84. The molecule has 1 nitrogen and oxygen atoms in total. The predicted octanol–water partition coefficient (Wildman–Crippen LogP) is 5.88. The number of ketones is 1. The highest BCUT2D eigenvalue weighted by molar-refractivity contribution is 6.04. The molecule has 0 spiro atoms. The minimum absolute atomic E-state index is 0.0460. The second-order valence-corrected chi connectivity index (χ2v) is 6.80.